The van der Waals surface area contributed by atoms with Gasteiger partial charge in [0.15, 0.2) is 0 Å². The molecule has 1 N–H and O–H groups in total. The van der Waals surface area contributed by atoms with Gasteiger partial charge in [-0.15, -0.1) is 0 Å². The summed E-state index contributed by atoms with van der Waals surface area (Å²) < 4.78 is 5.73. The molecule has 4 unspecified atom stereocenters. The minimum atomic E-state index is -0.991. The minimum absolute atomic E-state index is 0.169. The summed E-state index contributed by atoms with van der Waals surface area (Å²) in [7, 11) is 0. The first-order valence-corrected chi connectivity index (χ1v) is 10.0. The van der Waals surface area contributed by atoms with Gasteiger partial charge in [0.25, 0.3) is 11.8 Å². The van der Waals surface area contributed by atoms with Gasteiger partial charge in [0.1, 0.15) is 11.5 Å². The van der Waals surface area contributed by atoms with E-state index in [-0.39, 0.29) is 46.5 Å². The van der Waals surface area contributed by atoms with Crippen LogP contribution in [0.2, 0.25) is 0 Å². The third-order valence-corrected chi connectivity index (χ3v) is 7.17. The third kappa shape index (κ3) is 2.20. The Labute approximate surface area is 171 Å². The lowest BCUT2D eigenvalue weighted by Gasteiger charge is -2.18. The molecule has 4 aliphatic rings. The number of hydrogen-bond acceptors (Lipinski definition) is 5. The first-order chi connectivity index (χ1) is 14.5. The molecular weight excluding hydrogens is 384 g/mol. The summed E-state index contributed by atoms with van der Waals surface area (Å²) in [6.07, 6.45) is 7.86. The molecular formula is C23H18N2O5. The second-order valence-electron chi connectivity index (χ2n) is 8.54. The Morgan fingerprint density at radius 1 is 1.03 bits per heavy atom. The molecule has 1 saturated heterocycles. The fourth-order valence-electron chi connectivity index (χ4n) is 5.65. The zero-order chi connectivity index (χ0) is 20.6. The quantitative estimate of drug-likeness (QED) is 0.481. The van der Waals surface area contributed by atoms with Gasteiger partial charge in [-0.25, -0.2) is 4.79 Å². The number of furan rings is 1. The monoisotopic (exact) mass is 402 g/mol. The van der Waals surface area contributed by atoms with E-state index in [1.807, 2.05) is 0 Å². The molecule has 1 aliphatic heterocycles. The molecule has 2 amide bonds. The van der Waals surface area contributed by atoms with E-state index < -0.39 is 5.97 Å². The number of carbonyl (C=O) groups is 3. The van der Waals surface area contributed by atoms with Crippen LogP contribution >= 0.6 is 0 Å². The second kappa shape index (κ2) is 5.78. The molecule has 7 nitrogen and oxygen atoms in total. The second-order valence-corrected chi connectivity index (χ2v) is 8.54. The Balaban J connectivity index is 1.21. The molecule has 30 heavy (non-hydrogen) atoms. The van der Waals surface area contributed by atoms with Crippen LogP contribution < -0.4 is 0 Å². The molecule has 6 rings (SSSR count). The summed E-state index contributed by atoms with van der Waals surface area (Å²) in [5.41, 5.74) is 1.09. The number of hydrazone groups is 1. The van der Waals surface area contributed by atoms with Crippen LogP contribution in [0, 0.1) is 29.1 Å². The number of amides is 2. The largest absolute Gasteiger partial charge is 0.478 e. The molecule has 3 fully saturated rings. The predicted octanol–water partition coefficient (Wildman–Crippen LogP) is 3.18. The number of imide groups is 1. The maximum Gasteiger partial charge on any atom is 0.335 e. The van der Waals surface area contributed by atoms with E-state index in [1.165, 1.54) is 18.3 Å². The van der Waals surface area contributed by atoms with Crippen molar-refractivity contribution < 1.29 is 23.9 Å². The smallest absolute Gasteiger partial charge is 0.335 e. The SMILES string of the molecule is O=C(O)c1ccc(-c2ccc(/C=N/N3C(=O)C4C(C3=O)C3C=CC4C34CC4)o2)cc1. The number of fused-ring (bicyclic) bond motifs is 3. The fraction of sp³-hybridized carbons (Fsp3) is 0.304. The molecule has 3 aliphatic carbocycles. The van der Waals surface area contributed by atoms with Crippen molar-refractivity contribution in [1.29, 1.82) is 0 Å². The third-order valence-electron chi connectivity index (χ3n) is 7.17. The van der Waals surface area contributed by atoms with E-state index in [9.17, 15) is 14.4 Å². The molecule has 2 bridgehead atoms. The molecule has 0 radical (unpaired) electrons. The lowest BCUT2D eigenvalue weighted by atomic mass is 9.85. The normalized spacial score (nSPS) is 30.1. The van der Waals surface area contributed by atoms with Gasteiger partial charge in [-0.05, 0) is 54.4 Å². The molecule has 1 aromatic carbocycles. The number of carboxylic acid groups (broad SMARTS) is 1. The standard InChI is InChI=1S/C23H18N2O5/c26-20-18-15-6-7-16(23(15)9-10-23)19(18)21(27)25(20)24-11-14-5-8-17(30-14)12-1-3-13(4-2-12)22(28)29/h1-8,11,15-16,18-19H,9-10H2,(H,28,29)/b24-11+. The summed E-state index contributed by atoms with van der Waals surface area (Å²) in [4.78, 5) is 36.8. The number of aromatic carboxylic acids is 1. The van der Waals surface area contributed by atoms with Crippen LogP contribution in [0.1, 0.15) is 29.0 Å². The number of carbonyl (C=O) groups excluding carboxylic acids is 2. The Kier molecular flexibility index (Phi) is 3.35. The van der Waals surface area contributed by atoms with E-state index in [1.54, 1.807) is 24.3 Å². The summed E-state index contributed by atoms with van der Waals surface area (Å²) in [6.45, 7) is 0. The lowest BCUT2D eigenvalue weighted by Crippen LogP contribution is -2.30. The van der Waals surface area contributed by atoms with Crippen molar-refractivity contribution in [3.8, 4) is 11.3 Å². The van der Waals surface area contributed by atoms with E-state index in [2.05, 4.69) is 17.3 Å². The summed E-state index contributed by atoms with van der Waals surface area (Å²) in [5.74, 6) is -0.650. The van der Waals surface area contributed by atoms with Crippen molar-refractivity contribution in [2.24, 2.45) is 34.2 Å². The van der Waals surface area contributed by atoms with E-state index in [0.29, 0.717) is 11.5 Å². The van der Waals surface area contributed by atoms with E-state index >= 15 is 0 Å². The number of rotatable bonds is 4. The van der Waals surface area contributed by atoms with Crippen molar-refractivity contribution in [1.82, 2.24) is 5.01 Å². The number of hydrogen-bond donors (Lipinski definition) is 1. The van der Waals surface area contributed by atoms with Gasteiger partial charge in [-0.3, -0.25) is 9.59 Å². The van der Waals surface area contributed by atoms with Crippen molar-refractivity contribution in [3.05, 3.63) is 59.9 Å². The Hall–Kier alpha value is -3.48. The van der Waals surface area contributed by atoms with Gasteiger partial charge in [0.2, 0.25) is 0 Å². The molecule has 2 heterocycles. The fourth-order valence-corrected chi connectivity index (χ4v) is 5.65. The van der Waals surface area contributed by atoms with Crippen molar-refractivity contribution in [3.63, 3.8) is 0 Å². The van der Waals surface area contributed by atoms with E-state index in [4.69, 9.17) is 9.52 Å². The average molecular weight is 402 g/mol. The molecule has 150 valence electrons. The Bertz CT molecular complexity index is 1120. The lowest BCUT2D eigenvalue weighted by molar-refractivity contribution is -0.141. The van der Waals surface area contributed by atoms with Gasteiger partial charge in [0, 0.05) is 5.56 Å². The molecule has 1 spiro atoms. The first kappa shape index (κ1) is 17.4. The maximum atomic E-state index is 12.9. The molecule has 2 saturated carbocycles. The predicted molar refractivity (Wildman–Crippen MR) is 105 cm³/mol. The van der Waals surface area contributed by atoms with Gasteiger partial charge in [-0.1, -0.05) is 24.3 Å². The van der Waals surface area contributed by atoms with Crippen LogP contribution in [0.15, 0.2) is 58.1 Å². The van der Waals surface area contributed by atoms with Crippen LogP contribution in [0.25, 0.3) is 11.3 Å². The number of carboxylic acids is 1. The van der Waals surface area contributed by atoms with Crippen LogP contribution in [-0.2, 0) is 9.59 Å². The minimum Gasteiger partial charge on any atom is -0.478 e. The zero-order valence-corrected chi connectivity index (χ0v) is 15.9. The Morgan fingerprint density at radius 3 is 2.23 bits per heavy atom. The van der Waals surface area contributed by atoms with Gasteiger partial charge < -0.3 is 9.52 Å². The number of allylic oxidation sites excluding steroid dienone is 2. The van der Waals surface area contributed by atoms with Crippen molar-refractivity contribution in [2.75, 3.05) is 0 Å². The Morgan fingerprint density at radius 2 is 1.67 bits per heavy atom. The van der Waals surface area contributed by atoms with Crippen LogP contribution in [0.4, 0.5) is 0 Å². The molecule has 7 heteroatoms. The van der Waals surface area contributed by atoms with Crippen LogP contribution in [0.5, 0.6) is 0 Å². The molecule has 4 atom stereocenters. The van der Waals surface area contributed by atoms with Gasteiger partial charge in [-0.2, -0.15) is 10.1 Å². The average Bonchev–Trinajstić information content (AvgIpc) is 3.03. The zero-order valence-electron chi connectivity index (χ0n) is 15.9. The first-order valence-electron chi connectivity index (χ1n) is 10.0. The van der Waals surface area contributed by atoms with Gasteiger partial charge in [0.05, 0.1) is 23.6 Å². The molecule has 1 aromatic heterocycles. The van der Waals surface area contributed by atoms with Crippen LogP contribution in [0.3, 0.4) is 0 Å². The van der Waals surface area contributed by atoms with Crippen molar-refractivity contribution >= 4 is 24.0 Å². The van der Waals surface area contributed by atoms with Crippen molar-refractivity contribution in [2.45, 2.75) is 12.8 Å². The summed E-state index contributed by atoms with van der Waals surface area (Å²) >= 11 is 0. The number of nitrogens with zero attached hydrogens (tertiary/aromatic N) is 2. The molecule has 2 aromatic rings. The topological polar surface area (TPSA) is 100 Å². The number of benzene rings is 1. The van der Waals surface area contributed by atoms with Gasteiger partial charge >= 0.3 is 5.97 Å². The highest BCUT2D eigenvalue weighted by Crippen LogP contribution is 2.73. The van der Waals surface area contributed by atoms with Crippen LogP contribution in [-0.4, -0.2) is 34.1 Å². The summed E-state index contributed by atoms with van der Waals surface area (Å²) in [5, 5.41) is 14.2. The summed E-state index contributed by atoms with van der Waals surface area (Å²) in [6, 6.07) is 9.76. The van der Waals surface area contributed by atoms with E-state index in [0.717, 1.165) is 23.4 Å². The highest BCUT2D eigenvalue weighted by Gasteiger charge is 2.73. The highest BCUT2D eigenvalue weighted by atomic mass is 16.4. The maximum absolute atomic E-state index is 12.9. The highest BCUT2D eigenvalue weighted by molar-refractivity contribution is 6.07.